The molecule has 0 aliphatic rings. The Hall–Kier alpha value is -3.92. The number of carbonyl (C=O) groups is 2. The number of aliphatic carboxylic acids is 1. The van der Waals surface area contributed by atoms with Gasteiger partial charge in [0.1, 0.15) is 17.2 Å². The minimum absolute atomic E-state index is 0.0231. The number of anilines is 1. The van der Waals surface area contributed by atoms with E-state index in [1.807, 2.05) is 41.9 Å². The molecule has 2 aromatic carbocycles. The Bertz CT molecular complexity index is 1220. The van der Waals surface area contributed by atoms with Crippen LogP contribution in [0.4, 0.5) is 5.69 Å². The zero-order valence-electron chi connectivity index (χ0n) is 19.8. The van der Waals surface area contributed by atoms with Crippen LogP contribution in [0.25, 0.3) is 11.0 Å². The van der Waals surface area contributed by atoms with Crippen molar-refractivity contribution >= 4 is 34.4 Å². The van der Waals surface area contributed by atoms with Gasteiger partial charge in [0.2, 0.25) is 5.91 Å². The van der Waals surface area contributed by atoms with Gasteiger partial charge in [-0.25, -0.2) is 4.98 Å². The Labute approximate surface area is 198 Å². The van der Waals surface area contributed by atoms with Gasteiger partial charge in [-0.2, -0.15) is 0 Å². The van der Waals surface area contributed by atoms with E-state index in [4.69, 9.17) is 21.2 Å². The second-order valence-electron chi connectivity index (χ2n) is 8.53. The SMILES string of the molecule is CN(C)C(=O)C(C)(NCCC(=O)O)c1ccc2c(c1)nc(CNc1ccc(C(=N)N)cc1)n2C. The molecule has 0 bridgehead atoms. The predicted octanol–water partition coefficient (Wildman–Crippen LogP) is 1.84. The molecule has 1 amide bonds. The van der Waals surface area contributed by atoms with Crippen LogP contribution in [-0.2, 0) is 28.7 Å². The topological polar surface area (TPSA) is 149 Å². The van der Waals surface area contributed by atoms with E-state index in [0.29, 0.717) is 17.7 Å². The highest BCUT2D eigenvalue weighted by molar-refractivity contribution is 5.95. The Morgan fingerprint density at radius 3 is 2.47 bits per heavy atom. The van der Waals surface area contributed by atoms with Gasteiger partial charge in [-0.15, -0.1) is 0 Å². The van der Waals surface area contributed by atoms with Gasteiger partial charge in [0, 0.05) is 38.9 Å². The summed E-state index contributed by atoms with van der Waals surface area (Å²) in [4.78, 5) is 30.3. The molecular weight excluding hydrogens is 434 g/mol. The molecule has 34 heavy (non-hydrogen) atoms. The summed E-state index contributed by atoms with van der Waals surface area (Å²) in [6.07, 6.45) is -0.0919. The Balaban J connectivity index is 1.87. The molecule has 0 aliphatic carbocycles. The van der Waals surface area contributed by atoms with Gasteiger partial charge in [0.25, 0.3) is 0 Å². The molecule has 0 spiro atoms. The Morgan fingerprint density at radius 1 is 1.21 bits per heavy atom. The fourth-order valence-electron chi connectivity index (χ4n) is 3.84. The first-order valence-corrected chi connectivity index (χ1v) is 10.9. The number of hydrogen-bond acceptors (Lipinski definition) is 6. The smallest absolute Gasteiger partial charge is 0.304 e. The van der Waals surface area contributed by atoms with Gasteiger partial charge >= 0.3 is 5.97 Å². The minimum Gasteiger partial charge on any atom is -0.481 e. The molecule has 0 radical (unpaired) electrons. The third-order valence-corrected chi connectivity index (χ3v) is 5.85. The number of nitrogen functional groups attached to an aromatic ring is 1. The molecule has 10 heteroatoms. The van der Waals surface area contributed by atoms with Crippen LogP contribution in [0.1, 0.15) is 30.3 Å². The number of aryl methyl sites for hydroxylation is 1. The summed E-state index contributed by atoms with van der Waals surface area (Å²) in [5.74, 6) is -0.276. The van der Waals surface area contributed by atoms with Crippen molar-refractivity contribution in [3.8, 4) is 0 Å². The average molecular weight is 466 g/mol. The van der Waals surface area contributed by atoms with E-state index < -0.39 is 11.5 Å². The van der Waals surface area contributed by atoms with Crippen molar-refractivity contribution in [2.75, 3.05) is 26.0 Å². The number of carboxylic acid groups (broad SMARTS) is 1. The van der Waals surface area contributed by atoms with Crippen LogP contribution in [0.3, 0.4) is 0 Å². The summed E-state index contributed by atoms with van der Waals surface area (Å²) in [6, 6.07) is 12.9. The summed E-state index contributed by atoms with van der Waals surface area (Å²) in [6.45, 7) is 2.39. The molecule has 0 saturated carbocycles. The van der Waals surface area contributed by atoms with Crippen LogP contribution in [0.15, 0.2) is 42.5 Å². The van der Waals surface area contributed by atoms with Crippen molar-refractivity contribution in [3.63, 3.8) is 0 Å². The predicted molar refractivity (Wildman–Crippen MR) is 132 cm³/mol. The van der Waals surface area contributed by atoms with Crippen LogP contribution < -0.4 is 16.4 Å². The summed E-state index contributed by atoms with van der Waals surface area (Å²) < 4.78 is 1.99. The number of benzene rings is 2. The molecule has 3 rings (SSSR count). The molecule has 1 unspecified atom stereocenters. The van der Waals surface area contributed by atoms with E-state index in [9.17, 15) is 9.59 Å². The van der Waals surface area contributed by atoms with Crippen molar-refractivity contribution < 1.29 is 14.7 Å². The van der Waals surface area contributed by atoms with Crippen LogP contribution in [-0.4, -0.2) is 57.9 Å². The number of carboxylic acids is 1. The van der Waals surface area contributed by atoms with Crippen molar-refractivity contribution in [2.45, 2.75) is 25.4 Å². The molecule has 1 atom stereocenters. The lowest BCUT2D eigenvalue weighted by Gasteiger charge is -2.32. The molecule has 3 aromatic rings. The van der Waals surface area contributed by atoms with E-state index in [1.54, 1.807) is 33.2 Å². The Kier molecular flexibility index (Phi) is 7.21. The van der Waals surface area contributed by atoms with Crippen molar-refractivity contribution in [2.24, 2.45) is 12.8 Å². The van der Waals surface area contributed by atoms with Gasteiger partial charge in [0.05, 0.1) is 24.0 Å². The van der Waals surface area contributed by atoms with Crippen molar-refractivity contribution in [1.82, 2.24) is 19.8 Å². The number of nitrogens with one attached hydrogen (secondary N) is 3. The number of imidazole rings is 1. The second kappa shape index (κ2) is 9.92. The fourth-order valence-corrected chi connectivity index (χ4v) is 3.84. The van der Waals surface area contributed by atoms with E-state index in [2.05, 4.69) is 10.6 Å². The molecule has 0 aliphatic heterocycles. The summed E-state index contributed by atoms with van der Waals surface area (Å²) in [5.41, 5.74) is 8.31. The average Bonchev–Trinajstić information content (AvgIpc) is 3.11. The van der Waals surface area contributed by atoms with Crippen LogP contribution in [0, 0.1) is 5.41 Å². The van der Waals surface area contributed by atoms with Gasteiger partial charge in [-0.05, 0) is 48.9 Å². The number of amides is 1. The van der Waals surface area contributed by atoms with Gasteiger partial charge in [-0.3, -0.25) is 20.3 Å². The highest BCUT2D eigenvalue weighted by Crippen LogP contribution is 2.27. The molecule has 1 aromatic heterocycles. The third kappa shape index (κ3) is 5.18. The number of nitrogens with two attached hydrogens (primary N) is 1. The lowest BCUT2D eigenvalue weighted by atomic mass is 9.90. The van der Waals surface area contributed by atoms with E-state index >= 15 is 0 Å². The summed E-state index contributed by atoms with van der Waals surface area (Å²) in [5, 5.41) is 22.9. The molecule has 1 heterocycles. The van der Waals surface area contributed by atoms with Gasteiger partial charge in [0.15, 0.2) is 0 Å². The minimum atomic E-state index is -1.10. The molecule has 10 nitrogen and oxygen atoms in total. The standard InChI is InChI=1S/C24H31N7O3/c1-24(23(34)30(2)3,28-12-11-21(32)33)16-7-10-19-18(13-16)29-20(31(19)4)14-27-17-8-5-15(6-9-17)22(25)26/h5-10,13,27-28H,11-12,14H2,1-4H3,(H3,25,26)(H,32,33). The summed E-state index contributed by atoms with van der Waals surface area (Å²) in [7, 11) is 5.27. The lowest BCUT2D eigenvalue weighted by molar-refractivity contribution is -0.138. The number of rotatable bonds is 10. The first-order valence-electron chi connectivity index (χ1n) is 10.9. The monoisotopic (exact) mass is 465 g/mol. The molecule has 0 fully saturated rings. The molecule has 0 saturated heterocycles. The number of fused-ring (bicyclic) bond motifs is 1. The van der Waals surface area contributed by atoms with E-state index in [1.165, 1.54) is 4.90 Å². The lowest BCUT2D eigenvalue weighted by Crippen LogP contribution is -2.52. The van der Waals surface area contributed by atoms with Crippen molar-refractivity contribution in [3.05, 3.63) is 59.4 Å². The first kappa shape index (κ1) is 24.7. The maximum atomic E-state index is 13.0. The highest BCUT2D eigenvalue weighted by Gasteiger charge is 2.36. The van der Waals surface area contributed by atoms with Crippen LogP contribution in [0.5, 0.6) is 0 Å². The number of aromatic nitrogens is 2. The Morgan fingerprint density at radius 2 is 1.88 bits per heavy atom. The molecular formula is C24H31N7O3. The molecule has 180 valence electrons. The second-order valence-corrected chi connectivity index (χ2v) is 8.53. The highest BCUT2D eigenvalue weighted by atomic mass is 16.4. The van der Waals surface area contributed by atoms with Crippen molar-refractivity contribution in [1.29, 1.82) is 5.41 Å². The van der Waals surface area contributed by atoms with E-state index in [0.717, 1.165) is 22.5 Å². The number of carbonyl (C=O) groups excluding carboxylic acids is 1. The third-order valence-electron chi connectivity index (χ3n) is 5.85. The van der Waals surface area contributed by atoms with Gasteiger partial charge in [-0.1, -0.05) is 6.07 Å². The maximum absolute atomic E-state index is 13.0. The fraction of sp³-hybridized carbons (Fsp3) is 0.333. The number of likely N-dealkylation sites (N-methyl/N-ethyl adjacent to an activating group) is 1. The quantitative estimate of drug-likeness (QED) is 0.226. The normalized spacial score (nSPS) is 12.8. The van der Waals surface area contributed by atoms with Gasteiger partial charge < -0.3 is 25.6 Å². The molecule has 6 N–H and O–H groups in total. The zero-order chi connectivity index (χ0) is 25.0. The van der Waals surface area contributed by atoms with E-state index in [-0.39, 0.29) is 24.7 Å². The number of hydrogen-bond donors (Lipinski definition) is 5. The van der Waals surface area contributed by atoms with Crippen LogP contribution >= 0.6 is 0 Å². The number of nitrogens with zero attached hydrogens (tertiary/aromatic N) is 3. The van der Waals surface area contributed by atoms with Crippen LogP contribution in [0.2, 0.25) is 0 Å². The number of amidine groups is 1. The first-order chi connectivity index (χ1) is 16.0. The zero-order valence-corrected chi connectivity index (χ0v) is 19.8. The largest absolute Gasteiger partial charge is 0.481 e. The maximum Gasteiger partial charge on any atom is 0.304 e. The summed E-state index contributed by atoms with van der Waals surface area (Å²) >= 11 is 0.